The summed E-state index contributed by atoms with van der Waals surface area (Å²) >= 11 is 0. The molecule has 0 fully saturated rings. The number of methoxy groups -OCH3 is 1. The van der Waals surface area contributed by atoms with Crippen LogP contribution in [0.4, 0.5) is 13.2 Å². The van der Waals surface area contributed by atoms with Crippen molar-refractivity contribution in [2.75, 3.05) is 7.11 Å². The van der Waals surface area contributed by atoms with E-state index in [2.05, 4.69) is 0 Å². The van der Waals surface area contributed by atoms with E-state index >= 15 is 0 Å². The lowest BCUT2D eigenvalue weighted by molar-refractivity contribution is -0.137. The van der Waals surface area contributed by atoms with E-state index in [0.29, 0.717) is 12.0 Å². The average Bonchev–Trinajstić information content (AvgIpc) is 2.26. The number of benzene rings is 1. The summed E-state index contributed by atoms with van der Waals surface area (Å²) in [5.74, 6) is 0. The minimum atomic E-state index is -4.32. The molecule has 0 saturated heterocycles. The molecule has 2 nitrogen and oxygen atoms in total. The van der Waals surface area contributed by atoms with Crippen molar-refractivity contribution in [3.05, 3.63) is 34.9 Å². The zero-order valence-corrected chi connectivity index (χ0v) is 11.6. The summed E-state index contributed by atoms with van der Waals surface area (Å²) in [7, 11) is 1.59. The highest BCUT2D eigenvalue weighted by molar-refractivity contribution is 5.34. The van der Waals surface area contributed by atoms with Crippen LogP contribution in [0.1, 0.15) is 43.0 Å². The molecule has 0 saturated carbocycles. The molecule has 1 aromatic rings. The maximum absolute atomic E-state index is 12.6. The van der Waals surface area contributed by atoms with Crippen molar-refractivity contribution in [1.82, 2.24) is 0 Å². The molecule has 0 aliphatic rings. The van der Waals surface area contributed by atoms with Gasteiger partial charge in [0.25, 0.3) is 0 Å². The molecule has 19 heavy (non-hydrogen) atoms. The van der Waals surface area contributed by atoms with Gasteiger partial charge < -0.3 is 10.5 Å². The summed E-state index contributed by atoms with van der Waals surface area (Å²) in [5, 5.41) is 0. The Morgan fingerprint density at radius 3 is 2.26 bits per heavy atom. The van der Waals surface area contributed by atoms with E-state index in [-0.39, 0.29) is 6.04 Å². The highest BCUT2D eigenvalue weighted by atomic mass is 19.4. The molecule has 0 aliphatic heterocycles. The second-order valence-electron chi connectivity index (χ2n) is 5.34. The maximum Gasteiger partial charge on any atom is 0.416 e. The van der Waals surface area contributed by atoms with Gasteiger partial charge in [-0.25, -0.2) is 0 Å². The SMILES string of the molecule is COC(C)(C)CC(N)c1ccc(C(F)(F)F)cc1C. The predicted octanol–water partition coefficient (Wildman–Crippen LogP) is 3.83. The smallest absolute Gasteiger partial charge is 0.379 e. The van der Waals surface area contributed by atoms with Crippen molar-refractivity contribution in [3.8, 4) is 0 Å². The molecule has 0 bridgehead atoms. The molecule has 0 aliphatic carbocycles. The lowest BCUT2D eigenvalue weighted by Gasteiger charge is -2.27. The van der Waals surface area contributed by atoms with Crippen LogP contribution in [0.15, 0.2) is 18.2 Å². The Bertz CT molecular complexity index is 441. The number of hydrogen-bond donors (Lipinski definition) is 1. The summed E-state index contributed by atoms with van der Waals surface area (Å²) in [4.78, 5) is 0. The molecule has 1 rings (SSSR count). The summed E-state index contributed by atoms with van der Waals surface area (Å²) in [5.41, 5.74) is 6.27. The molecule has 108 valence electrons. The van der Waals surface area contributed by atoms with E-state index in [9.17, 15) is 13.2 Å². The second-order valence-corrected chi connectivity index (χ2v) is 5.34. The molecular formula is C14H20F3NO. The van der Waals surface area contributed by atoms with Crippen molar-refractivity contribution in [1.29, 1.82) is 0 Å². The van der Waals surface area contributed by atoms with Gasteiger partial charge in [0, 0.05) is 13.2 Å². The maximum atomic E-state index is 12.6. The van der Waals surface area contributed by atoms with Gasteiger partial charge in [0.1, 0.15) is 0 Å². The van der Waals surface area contributed by atoms with Gasteiger partial charge in [-0.15, -0.1) is 0 Å². The highest BCUT2D eigenvalue weighted by Gasteiger charge is 2.31. The van der Waals surface area contributed by atoms with Crippen molar-refractivity contribution in [3.63, 3.8) is 0 Å². The first kappa shape index (κ1) is 16.0. The predicted molar refractivity (Wildman–Crippen MR) is 68.8 cm³/mol. The standard InChI is InChI=1S/C14H20F3NO/c1-9-7-10(14(15,16)17)5-6-11(9)12(18)8-13(2,3)19-4/h5-7,12H,8,18H2,1-4H3. The van der Waals surface area contributed by atoms with E-state index in [4.69, 9.17) is 10.5 Å². The highest BCUT2D eigenvalue weighted by Crippen LogP contribution is 2.33. The fourth-order valence-electron chi connectivity index (χ4n) is 1.99. The fraction of sp³-hybridized carbons (Fsp3) is 0.571. The van der Waals surface area contributed by atoms with Crippen molar-refractivity contribution in [2.45, 2.75) is 45.0 Å². The van der Waals surface area contributed by atoms with Crippen LogP contribution in [0, 0.1) is 6.92 Å². The van der Waals surface area contributed by atoms with Crippen LogP contribution in [-0.4, -0.2) is 12.7 Å². The number of ether oxygens (including phenoxy) is 1. The Hall–Kier alpha value is -1.07. The van der Waals surface area contributed by atoms with Crippen LogP contribution >= 0.6 is 0 Å². The zero-order chi connectivity index (χ0) is 14.8. The summed E-state index contributed by atoms with van der Waals surface area (Å²) in [6.45, 7) is 5.43. The molecule has 0 heterocycles. The zero-order valence-electron chi connectivity index (χ0n) is 11.6. The Balaban J connectivity index is 2.97. The number of alkyl halides is 3. The average molecular weight is 275 g/mol. The topological polar surface area (TPSA) is 35.2 Å². The van der Waals surface area contributed by atoms with Crippen LogP contribution < -0.4 is 5.73 Å². The third-order valence-corrected chi connectivity index (χ3v) is 3.26. The van der Waals surface area contributed by atoms with Crippen molar-refractivity contribution < 1.29 is 17.9 Å². The lowest BCUT2D eigenvalue weighted by atomic mass is 9.91. The minimum absolute atomic E-state index is 0.350. The first-order chi connectivity index (χ1) is 8.57. The van der Waals surface area contributed by atoms with E-state index in [1.54, 1.807) is 14.0 Å². The fourth-order valence-corrected chi connectivity index (χ4v) is 1.99. The van der Waals surface area contributed by atoms with Gasteiger partial charge in [0.05, 0.1) is 11.2 Å². The Morgan fingerprint density at radius 2 is 1.84 bits per heavy atom. The summed E-state index contributed by atoms with van der Waals surface area (Å²) < 4.78 is 43.0. The molecule has 1 aromatic carbocycles. The van der Waals surface area contributed by atoms with E-state index in [1.165, 1.54) is 6.07 Å². The van der Waals surface area contributed by atoms with E-state index in [1.807, 2.05) is 13.8 Å². The van der Waals surface area contributed by atoms with Gasteiger partial charge in [-0.3, -0.25) is 0 Å². The Morgan fingerprint density at radius 1 is 1.26 bits per heavy atom. The van der Waals surface area contributed by atoms with Crippen LogP contribution in [0.3, 0.4) is 0 Å². The molecule has 0 amide bonds. The normalized spacial score (nSPS) is 14.5. The number of halogens is 3. The van der Waals surface area contributed by atoms with Gasteiger partial charge in [0.15, 0.2) is 0 Å². The first-order valence-corrected chi connectivity index (χ1v) is 6.05. The molecule has 5 heteroatoms. The van der Waals surface area contributed by atoms with E-state index in [0.717, 1.165) is 17.7 Å². The molecule has 0 aromatic heterocycles. The van der Waals surface area contributed by atoms with Crippen LogP contribution in [0.2, 0.25) is 0 Å². The minimum Gasteiger partial charge on any atom is -0.379 e. The monoisotopic (exact) mass is 275 g/mol. The Kier molecular flexibility index (Phi) is 4.63. The molecule has 0 radical (unpaired) electrons. The number of hydrogen-bond acceptors (Lipinski definition) is 2. The van der Waals surface area contributed by atoms with Crippen LogP contribution in [-0.2, 0) is 10.9 Å². The Labute approximate surface area is 111 Å². The third-order valence-electron chi connectivity index (χ3n) is 3.26. The first-order valence-electron chi connectivity index (χ1n) is 6.05. The van der Waals surface area contributed by atoms with Crippen molar-refractivity contribution >= 4 is 0 Å². The second kappa shape index (κ2) is 5.51. The molecule has 2 N–H and O–H groups in total. The number of aryl methyl sites for hydroxylation is 1. The number of nitrogens with two attached hydrogens (primary N) is 1. The van der Waals surface area contributed by atoms with Crippen LogP contribution in [0.5, 0.6) is 0 Å². The number of rotatable bonds is 4. The van der Waals surface area contributed by atoms with Gasteiger partial charge >= 0.3 is 6.18 Å². The summed E-state index contributed by atoms with van der Waals surface area (Å²) in [6, 6.07) is 3.31. The largest absolute Gasteiger partial charge is 0.416 e. The summed E-state index contributed by atoms with van der Waals surface area (Å²) in [6.07, 6.45) is -3.78. The van der Waals surface area contributed by atoms with Gasteiger partial charge in [-0.2, -0.15) is 13.2 Å². The van der Waals surface area contributed by atoms with E-state index < -0.39 is 17.3 Å². The van der Waals surface area contributed by atoms with Gasteiger partial charge in [0.2, 0.25) is 0 Å². The van der Waals surface area contributed by atoms with Crippen LogP contribution in [0.25, 0.3) is 0 Å². The molecular weight excluding hydrogens is 255 g/mol. The lowest BCUT2D eigenvalue weighted by Crippen LogP contribution is -2.29. The third kappa shape index (κ3) is 4.21. The van der Waals surface area contributed by atoms with Gasteiger partial charge in [-0.05, 0) is 50.5 Å². The van der Waals surface area contributed by atoms with Crippen molar-refractivity contribution in [2.24, 2.45) is 5.73 Å². The molecule has 1 unspecified atom stereocenters. The molecule has 0 spiro atoms. The quantitative estimate of drug-likeness (QED) is 0.906. The molecule has 1 atom stereocenters. The van der Waals surface area contributed by atoms with Gasteiger partial charge in [-0.1, -0.05) is 6.07 Å².